The van der Waals surface area contributed by atoms with Gasteiger partial charge in [-0.1, -0.05) is 18.2 Å². The standard InChI is InChI=1S/C13H20FNO2S/c1-10(15-11(2)9-18(3,16)17)8-12-6-4-5-7-13(12)14/h4-7,10-11,15H,8-9H2,1-3H3. The molecule has 0 aliphatic heterocycles. The number of benzene rings is 1. The van der Waals surface area contributed by atoms with Crippen LogP contribution in [0.3, 0.4) is 0 Å². The maximum Gasteiger partial charge on any atom is 0.148 e. The van der Waals surface area contributed by atoms with Crippen molar-refractivity contribution in [2.24, 2.45) is 0 Å². The predicted molar refractivity (Wildman–Crippen MR) is 71.9 cm³/mol. The monoisotopic (exact) mass is 273 g/mol. The number of hydrogen-bond acceptors (Lipinski definition) is 3. The van der Waals surface area contributed by atoms with E-state index in [2.05, 4.69) is 5.32 Å². The smallest absolute Gasteiger partial charge is 0.148 e. The lowest BCUT2D eigenvalue weighted by atomic mass is 10.1. The van der Waals surface area contributed by atoms with Crippen LogP contribution in [-0.2, 0) is 16.3 Å². The molecule has 3 nitrogen and oxygen atoms in total. The van der Waals surface area contributed by atoms with Crippen molar-refractivity contribution in [1.29, 1.82) is 0 Å². The molecule has 0 saturated carbocycles. The normalized spacial score (nSPS) is 15.3. The predicted octanol–water partition coefficient (Wildman–Crippen LogP) is 1.78. The van der Waals surface area contributed by atoms with Crippen LogP contribution in [-0.4, -0.2) is 32.5 Å². The Morgan fingerprint density at radius 3 is 2.39 bits per heavy atom. The maximum atomic E-state index is 13.4. The zero-order chi connectivity index (χ0) is 13.8. The summed E-state index contributed by atoms with van der Waals surface area (Å²) in [6.45, 7) is 3.74. The average molecular weight is 273 g/mol. The Morgan fingerprint density at radius 1 is 1.22 bits per heavy atom. The summed E-state index contributed by atoms with van der Waals surface area (Å²) in [6.07, 6.45) is 1.76. The van der Waals surface area contributed by atoms with Gasteiger partial charge in [-0.2, -0.15) is 0 Å². The van der Waals surface area contributed by atoms with E-state index in [0.29, 0.717) is 12.0 Å². The Bertz CT molecular complexity index is 488. The molecule has 0 heterocycles. The van der Waals surface area contributed by atoms with Gasteiger partial charge in [-0.15, -0.1) is 0 Å². The van der Waals surface area contributed by atoms with Crippen LogP contribution in [0.2, 0.25) is 0 Å². The highest BCUT2D eigenvalue weighted by Gasteiger charge is 2.14. The van der Waals surface area contributed by atoms with Crippen molar-refractivity contribution in [3.8, 4) is 0 Å². The second kappa shape index (κ2) is 6.29. The van der Waals surface area contributed by atoms with Crippen LogP contribution in [0, 0.1) is 5.82 Å². The molecule has 18 heavy (non-hydrogen) atoms. The summed E-state index contributed by atoms with van der Waals surface area (Å²) in [5, 5.41) is 3.17. The molecule has 1 aromatic rings. The van der Waals surface area contributed by atoms with Crippen LogP contribution in [0.4, 0.5) is 4.39 Å². The second-order valence-electron chi connectivity index (χ2n) is 4.86. The van der Waals surface area contributed by atoms with Crippen molar-refractivity contribution < 1.29 is 12.8 Å². The van der Waals surface area contributed by atoms with Crippen LogP contribution < -0.4 is 5.32 Å². The molecule has 0 amide bonds. The third-order valence-corrected chi connectivity index (χ3v) is 3.71. The summed E-state index contributed by atoms with van der Waals surface area (Å²) < 4.78 is 35.7. The molecular formula is C13H20FNO2S. The Hall–Kier alpha value is -0.940. The molecule has 2 unspecified atom stereocenters. The van der Waals surface area contributed by atoms with E-state index in [9.17, 15) is 12.8 Å². The summed E-state index contributed by atoms with van der Waals surface area (Å²) >= 11 is 0. The number of halogens is 1. The SMILES string of the molecule is CC(Cc1ccccc1F)NC(C)CS(C)(=O)=O. The first-order chi connectivity index (χ1) is 8.28. The van der Waals surface area contributed by atoms with Gasteiger partial charge in [-0.05, 0) is 31.9 Å². The van der Waals surface area contributed by atoms with Crippen LogP contribution in [0.25, 0.3) is 0 Å². The average Bonchev–Trinajstić information content (AvgIpc) is 2.18. The van der Waals surface area contributed by atoms with Gasteiger partial charge in [0.25, 0.3) is 0 Å². The molecule has 0 aromatic heterocycles. The summed E-state index contributed by atoms with van der Waals surface area (Å²) in [5.74, 6) is -0.129. The molecule has 0 saturated heterocycles. The molecule has 0 aliphatic rings. The van der Waals surface area contributed by atoms with Crippen LogP contribution >= 0.6 is 0 Å². The summed E-state index contributed by atoms with van der Waals surface area (Å²) in [4.78, 5) is 0. The molecule has 2 atom stereocenters. The molecule has 102 valence electrons. The highest BCUT2D eigenvalue weighted by Crippen LogP contribution is 2.09. The van der Waals surface area contributed by atoms with Gasteiger partial charge in [0.2, 0.25) is 0 Å². The lowest BCUT2D eigenvalue weighted by Crippen LogP contribution is -2.40. The number of sulfone groups is 1. The highest BCUT2D eigenvalue weighted by molar-refractivity contribution is 7.90. The second-order valence-corrected chi connectivity index (χ2v) is 7.04. The van der Waals surface area contributed by atoms with Gasteiger partial charge in [-0.25, -0.2) is 12.8 Å². The van der Waals surface area contributed by atoms with E-state index in [1.807, 2.05) is 13.8 Å². The summed E-state index contributed by atoms with van der Waals surface area (Å²) in [5.41, 5.74) is 0.643. The first-order valence-corrected chi connectivity index (χ1v) is 8.01. The van der Waals surface area contributed by atoms with Gasteiger partial charge in [0.15, 0.2) is 0 Å². The van der Waals surface area contributed by atoms with E-state index in [0.717, 1.165) is 0 Å². The van der Waals surface area contributed by atoms with E-state index in [1.165, 1.54) is 12.3 Å². The van der Waals surface area contributed by atoms with Gasteiger partial charge >= 0.3 is 0 Å². The fourth-order valence-corrected chi connectivity index (χ4v) is 3.05. The molecule has 5 heteroatoms. The van der Waals surface area contributed by atoms with E-state index in [4.69, 9.17) is 0 Å². The summed E-state index contributed by atoms with van der Waals surface area (Å²) in [7, 11) is -2.99. The first kappa shape index (κ1) is 15.1. The van der Waals surface area contributed by atoms with Crippen molar-refractivity contribution in [2.75, 3.05) is 12.0 Å². The van der Waals surface area contributed by atoms with E-state index >= 15 is 0 Å². The number of hydrogen-bond donors (Lipinski definition) is 1. The lowest BCUT2D eigenvalue weighted by molar-refractivity contribution is 0.476. The minimum atomic E-state index is -2.99. The van der Waals surface area contributed by atoms with Crippen molar-refractivity contribution in [3.05, 3.63) is 35.6 Å². The molecule has 0 fully saturated rings. The Labute approximate surface area is 108 Å². The van der Waals surface area contributed by atoms with Gasteiger partial charge in [0.05, 0.1) is 5.75 Å². The zero-order valence-electron chi connectivity index (χ0n) is 11.0. The van der Waals surface area contributed by atoms with Crippen molar-refractivity contribution in [3.63, 3.8) is 0 Å². The number of rotatable bonds is 6. The first-order valence-electron chi connectivity index (χ1n) is 5.95. The van der Waals surface area contributed by atoms with E-state index in [-0.39, 0.29) is 23.7 Å². The number of nitrogens with one attached hydrogen (secondary N) is 1. The van der Waals surface area contributed by atoms with Crippen LogP contribution in [0.5, 0.6) is 0 Å². The Balaban J connectivity index is 2.52. The molecule has 0 radical (unpaired) electrons. The van der Waals surface area contributed by atoms with Crippen molar-refractivity contribution in [2.45, 2.75) is 32.4 Å². The zero-order valence-corrected chi connectivity index (χ0v) is 11.8. The van der Waals surface area contributed by atoms with Crippen LogP contribution in [0.15, 0.2) is 24.3 Å². The van der Waals surface area contributed by atoms with Gasteiger partial charge < -0.3 is 5.32 Å². The fourth-order valence-electron chi connectivity index (χ4n) is 2.04. The Kier molecular flexibility index (Phi) is 5.28. The molecule has 0 spiro atoms. The Morgan fingerprint density at radius 2 is 1.83 bits per heavy atom. The topological polar surface area (TPSA) is 46.2 Å². The maximum absolute atomic E-state index is 13.4. The third kappa shape index (κ3) is 5.60. The molecule has 1 rings (SSSR count). The van der Waals surface area contributed by atoms with Gasteiger partial charge in [0, 0.05) is 18.3 Å². The minimum absolute atomic E-state index is 0.0265. The third-order valence-electron chi connectivity index (χ3n) is 2.61. The minimum Gasteiger partial charge on any atom is -0.310 e. The molecule has 1 N–H and O–H groups in total. The molecule has 1 aromatic carbocycles. The van der Waals surface area contributed by atoms with Crippen molar-refractivity contribution in [1.82, 2.24) is 5.32 Å². The largest absolute Gasteiger partial charge is 0.310 e. The molecular weight excluding hydrogens is 253 g/mol. The molecule has 0 aliphatic carbocycles. The van der Waals surface area contributed by atoms with Crippen LogP contribution in [0.1, 0.15) is 19.4 Å². The quantitative estimate of drug-likeness (QED) is 0.859. The highest BCUT2D eigenvalue weighted by atomic mass is 32.2. The van der Waals surface area contributed by atoms with E-state index in [1.54, 1.807) is 18.2 Å². The van der Waals surface area contributed by atoms with Crippen molar-refractivity contribution >= 4 is 9.84 Å². The fraction of sp³-hybridized carbons (Fsp3) is 0.538. The summed E-state index contributed by atoms with van der Waals surface area (Å²) in [6, 6.07) is 6.52. The lowest BCUT2D eigenvalue weighted by Gasteiger charge is -2.19. The molecule has 0 bridgehead atoms. The van der Waals surface area contributed by atoms with Gasteiger partial charge in [0.1, 0.15) is 15.7 Å². The van der Waals surface area contributed by atoms with E-state index < -0.39 is 9.84 Å². The van der Waals surface area contributed by atoms with Gasteiger partial charge in [-0.3, -0.25) is 0 Å².